The maximum absolute atomic E-state index is 11.8. The summed E-state index contributed by atoms with van der Waals surface area (Å²) in [6, 6.07) is 12.1. The van der Waals surface area contributed by atoms with Crippen LogP contribution in [-0.4, -0.2) is 5.91 Å². The summed E-state index contributed by atoms with van der Waals surface area (Å²) in [6.45, 7) is 0. The van der Waals surface area contributed by atoms with Gasteiger partial charge in [-0.25, -0.2) is 0 Å². The van der Waals surface area contributed by atoms with Gasteiger partial charge in [0.25, 0.3) is 0 Å². The second-order valence-corrected chi connectivity index (χ2v) is 5.22. The van der Waals surface area contributed by atoms with Crippen LogP contribution in [0.1, 0.15) is 5.56 Å². The fourth-order valence-electron chi connectivity index (χ4n) is 1.54. The van der Waals surface area contributed by atoms with Crippen LogP contribution >= 0.6 is 34.8 Å². The molecule has 0 fully saturated rings. The Morgan fingerprint density at radius 2 is 1.75 bits per heavy atom. The lowest BCUT2D eigenvalue weighted by molar-refractivity contribution is -0.111. The monoisotopic (exact) mass is 325 g/mol. The minimum absolute atomic E-state index is 0.297. The Labute approximate surface area is 132 Å². The van der Waals surface area contributed by atoms with Crippen LogP contribution in [0.2, 0.25) is 15.1 Å². The smallest absolute Gasteiger partial charge is 0.248 e. The number of benzene rings is 2. The van der Waals surface area contributed by atoms with Gasteiger partial charge in [-0.2, -0.15) is 0 Å². The molecule has 2 rings (SSSR count). The summed E-state index contributed by atoms with van der Waals surface area (Å²) in [5.74, 6) is -0.297. The van der Waals surface area contributed by atoms with Crippen LogP contribution in [0.15, 0.2) is 48.5 Å². The first-order valence-corrected chi connectivity index (χ1v) is 6.88. The molecule has 0 unspecified atom stereocenters. The average molecular weight is 327 g/mol. The van der Waals surface area contributed by atoms with E-state index in [0.717, 1.165) is 5.56 Å². The van der Waals surface area contributed by atoms with Crippen molar-refractivity contribution < 1.29 is 4.79 Å². The normalized spacial score (nSPS) is 10.8. The molecule has 2 aromatic carbocycles. The number of anilines is 1. The van der Waals surface area contributed by atoms with E-state index < -0.39 is 0 Å². The van der Waals surface area contributed by atoms with Crippen molar-refractivity contribution in [1.82, 2.24) is 0 Å². The summed E-state index contributed by atoms with van der Waals surface area (Å²) in [4.78, 5) is 11.8. The maximum atomic E-state index is 11.8. The number of carbonyl (C=O) groups excluding carboxylic acids is 1. The van der Waals surface area contributed by atoms with Crippen molar-refractivity contribution in [3.63, 3.8) is 0 Å². The Bertz CT molecular complexity index is 668. The molecule has 5 heteroatoms. The first-order chi connectivity index (χ1) is 9.56. The van der Waals surface area contributed by atoms with Crippen LogP contribution in [0.5, 0.6) is 0 Å². The fourth-order valence-corrected chi connectivity index (χ4v) is 2.20. The molecule has 0 aromatic heterocycles. The number of amides is 1. The average Bonchev–Trinajstić information content (AvgIpc) is 2.41. The second-order valence-electron chi connectivity index (χ2n) is 3.97. The van der Waals surface area contributed by atoms with Crippen molar-refractivity contribution in [2.75, 3.05) is 5.32 Å². The quantitative estimate of drug-likeness (QED) is 0.762. The molecule has 0 aliphatic rings. The molecule has 0 aliphatic carbocycles. The van der Waals surface area contributed by atoms with Gasteiger partial charge in [-0.1, -0.05) is 53.0 Å². The number of rotatable bonds is 3. The van der Waals surface area contributed by atoms with E-state index in [9.17, 15) is 4.79 Å². The molecule has 20 heavy (non-hydrogen) atoms. The van der Waals surface area contributed by atoms with Gasteiger partial charge in [-0.3, -0.25) is 4.79 Å². The predicted molar refractivity (Wildman–Crippen MR) is 85.6 cm³/mol. The SMILES string of the molecule is O=C(/C=C/c1ccccc1Cl)Nc1ccc(Cl)cc1Cl. The van der Waals surface area contributed by atoms with Gasteiger partial charge in [0.05, 0.1) is 10.7 Å². The zero-order valence-electron chi connectivity index (χ0n) is 10.2. The molecule has 102 valence electrons. The molecule has 0 heterocycles. The molecule has 0 atom stereocenters. The van der Waals surface area contributed by atoms with Crippen LogP contribution in [0.3, 0.4) is 0 Å². The van der Waals surface area contributed by atoms with Gasteiger partial charge in [-0.15, -0.1) is 0 Å². The molecular weight excluding hydrogens is 317 g/mol. The summed E-state index contributed by atoms with van der Waals surface area (Å²) >= 11 is 17.7. The third-order valence-electron chi connectivity index (χ3n) is 2.51. The van der Waals surface area contributed by atoms with Crippen molar-refractivity contribution >= 4 is 52.5 Å². The molecule has 1 amide bonds. The number of carbonyl (C=O) groups is 1. The van der Waals surface area contributed by atoms with Crippen LogP contribution in [0, 0.1) is 0 Å². The Morgan fingerprint density at radius 3 is 2.45 bits per heavy atom. The van der Waals surface area contributed by atoms with Gasteiger partial charge in [0.15, 0.2) is 0 Å². The standard InChI is InChI=1S/C15H10Cl3NO/c16-11-6-7-14(13(18)9-11)19-15(20)8-5-10-3-1-2-4-12(10)17/h1-9H,(H,19,20)/b8-5+. The van der Waals surface area contributed by atoms with Crippen molar-refractivity contribution in [1.29, 1.82) is 0 Å². The zero-order chi connectivity index (χ0) is 14.5. The number of nitrogens with one attached hydrogen (secondary N) is 1. The van der Waals surface area contributed by atoms with Crippen LogP contribution in [0.4, 0.5) is 5.69 Å². The van der Waals surface area contributed by atoms with E-state index in [2.05, 4.69) is 5.32 Å². The highest BCUT2D eigenvalue weighted by Crippen LogP contribution is 2.25. The van der Waals surface area contributed by atoms with Crippen LogP contribution < -0.4 is 5.32 Å². The molecule has 0 aliphatic heterocycles. The van der Waals surface area contributed by atoms with Crippen molar-refractivity contribution in [2.24, 2.45) is 0 Å². The predicted octanol–water partition coefficient (Wildman–Crippen LogP) is 5.30. The van der Waals surface area contributed by atoms with E-state index >= 15 is 0 Å². The van der Waals surface area contributed by atoms with Crippen molar-refractivity contribution in [3.8, 4) is 0 Å². The molecule has 0 saturated heterocycles. The lowest BCUT2D eigenvalue weighted by Gasteiger charge is -2.05. The van der Waals surface area contributed by atoms with Crippen LogP contribution in [-0.2, 0) is 4.79 Å². The first kappa shape index (κ1) is 14.9. The Kier molecular flexibility index (Phi) is 5.07. The third-order valence-corrected chi connectivity index (χ3v) is 3.40. The minimum Gasteiger partial charge on any atom is -0.321 e. The highest BCUT2D eigenvalue weighted by atomic mass is 35.5. The Hall–Kier alpha value is -1.48. The second kappa shape index (κ2) is 6.80. The summed E-state index contributed by atoms with van der Waals surface area (Å²) in [7, 11) is 0. The summed E-state index contributed by atoms with van der Waals surface area (Å²) in [5.41, 5.74) is 1.27. The van der Waals surface area contributed by atoms with E-state index in [1.807, 2.05) is 18.2 Å². The van der Waals surface area contributed by atoms with E-state index in [1.165, 1.54) is 6.08 Å². The van der Waals surface area contributed by atoms with E-state index in [-0.39, 0.29) is 5.91 Å². The molecule has 2 aromatic rings. The third kappa shape index (κ3) is 4.01. The van der Waals surface area contributed by atoms with Gasteiger partial charge in [0, 0.05) is 16.1 Å². The Balaban J connectivity index is 2.08. The van der Waals surface area contributed by atoms with E-state index in [0.29, 0.717) is 20.8 Å². The maximum Gasteiger partial charge on any atom is 0.248 e. The molecule has 2 nitrogen and oxygen atoms in total. The van der Waals surface area contributed by atoms with Crippen LogP contribution in [0.25, 0.3) is 6.08 Å². The minimum atomic E-state index is -0.297. The molecule has 1 N–H and O–H groups in total. The van der Waals surface area contributed by atoms with Gasteiger partial charge >= 0.3 is 0 Å². The lowest BCUT2D eigenvalue weighted by Crippen LogP contribution is -2.08. The highest BCUT2D eigenvalue weighted by Gasteiger charge is 2.04. The molecular formula is C15H10Cl3NO. The van der Waals surface area contributed by atoms with Gasteiger partial charge in [-0.05, 0) is 35.9 Å². The van der Waals surface area contributed by atoms with E-state index in [4.69, 9.17) is 34.8 Å². The summed E-state index contributed by atoms with van der Waals surface area (Å²) in [5, 5.41) is 4.15. The summed E-state index contributed by atoms with van der Waals surface area (Å²) in [6.07, 6.45) is 3.04. The van der Waals surface area contributed by atoms with Gasteiger partial charge in [0.2, 0.25) is 5.91 Å². The number of halogens is 3. The van der Waals surface area contributed by atoms with Crippen molar-refractivity contribution in [2.45, 2.75) is 0 Å². The van der Waals surface area contributed by atoms with Gasteiger partial charge in [0.1, 0.15) is 0 Å². The first-order valence-electron chi connectivity index (χ1n) is 5.75. The Morgan fingerprint density at radius 1 is 1.00 bits per heavy atom. The topological polar surface area (TPSA) is 29.1 Å². The highest BCUT2D eigenvalue weighted by molar-refractivity contribution is 6.36. The molecule has 0 saturated carbocycles. The molecule has 0 spiro atoms. The number of hydrogen-bond acceptors (Lipinski definition) is 1. The summed E-state index contributed by atoms with van der Waals surface area (Å²) < 4.78 is 0. The van der Waals surface area contributed by atoms with E-state index in [1.54, 1.807) is 30.3 Å². The largest absolute Gasteiger partial charge is 0.321 e. The van der Waals surface area contributed by atoms with Gasteiger partial charge < -0.3 is 5.32 Å². The zero-order valence-corrected chi connectivity index (χ0v) is 12.5. The number of hydrogen-bond donors (Lipinski definition) is 1. The molecule has 0 bridgehead atoms. The lowest BCUT2D eigenvalue weighted by atomic mass is 10.2. The fraction of sp³-hybridized carbons (Fsp3) is 0. The van der Waals surface area contributed by atoms with Crippen molar-refractivity contribution in [3.05, 3.63) is 69.2 Å². The molecule has 0 radical (unpaired) electrons.